The number of hydrogen-bond donors (Lipinski definition) is 2. The Bertz CT molecular complexity index is 431. The van der Waals surface area contributed by atoms with Gasteiger partial charge in [0, 0.05) is 19.6 Å². The summed E-state index contributed by atoms with van der Waals surface area (Å²) >= 11 is 0. The Morgan fingerprint density at radius 2 is 1.82 bits per heavy atom. The first-order chi connectivity index (χ1) is 10.5. The molecule has 2 atom stereocenters. The van der Waals surface area contributed by atoms with E-state index in [1.165, 1.54) is 5.56 Å². The number of nitrogens with one attached hydrogen (secondary N) is 2. The summed E-state index contributed by atoms with van der Waals surface area (Å²) in [5.41, 5.74) is 1.21. The predicted octanol–water partition coefficient (Wildman–Crippen LogP) is 3.05. The summed E-state index contributed by atoms with van der Waals surface area (Å²) in [6, 6.07) is 10.7. The molecule has 0 spiro atoms. The minimum absolute atomic E-state index is 0.399. The van der Waals surface area contributed by atoms with Crippen molar-refractivity contribution >= 4 is 5.96 Å². The maximum absolute atomic E-state index is 5.77. The highest BCUT2D eigenvalue weighted by Gasteiger charge is 2.10. The molecule has 0 radical (unpaired) electrons. The van der Waals surface area contributed by atoms with E-state index in [9.17, 15) is 0 Å². The lowest BCUT2D eigenvalue weighted by atomic mass is 10.1. The zero-order valence-corrected chi connectivity index (χ0v) is 14.6. The summed E-state index contributed by atoms with van der Waals surface area (Å²) in [5.74, 6) is 1.86. The SMILES string of the molecule is CN=C(NCC(C)COCc1ccccc1)NC(C)C(C)C. The van der Waals surface area contributed by atoms with Crippen molar-refractivity contribution in [3.63, 3.8) is 0 Å². The number of ether oxygens (including phenoxy) is 1. The van der Waals surface area contributed by atoms with Crippen LogP contribution in [-0.2, 0) is 11.3 Å². The number of aliphatic imine (C=N–C) groups is 1. The Hall–Kier alpha value is -1.55. The van der Waals surface area contributed by atoms with Gasteiger partial charge in [0.05, 0.1) is 13.2 Å². The summed E-state index contributed by atoms with van der Waals surface area (Å²) in [7, 11) is 1.80. The van der Waals surface area contributed by atoms with Crippen molar-refractivity contribution in [1.82, 2.24) is 10.6 Å². The smallest absolute Gasteiger partial charge is 0.191 e. The molecule has 0 aromatic heterocycles. The first-order valence-electron chi connectivity index (χ1n) is 8.11. The molecule has 0 aliphatic carbocycles. The maximum atomic E-state index is 5.77. The second-order valence-corrected chi connectivity index (χ2v) is 6.24. The number of rotatable bonds is 8. The second-order valence-electron chi connectivity index (χ2n) is 6.24. The lowest BCUT2D eigenvalue weighted by molar-refractivity contribution is 0.0931. The zero-order valence-electron chi connectivity index (χ0n) is 14.6. The molecule has 2 unspecified atom stereocenters. The van der Waals surface area contributed by atoms with Gasteiger partial charge in [0.2, 0.25) is 0 Å². The van der Waals surface area contributed by atoms with E-state index in [-0.39, 0.29) is 0 Å². The molecule has 0 fully saturated rings. The molecule has 0 amide bonds. The van der Waals surface area contributed by atoms with Crippen molar-refractivity contribution in [2.75, 3.05) is 20.2 Å². The van der Waals surface area contributed by atoms with Gasteiger partial charge in [0.25, 0.3) is 0 Å². The highest BCUT2D eigenvalue weighted by atomic mass is 16.5. The Kier molecular flexibility index (Phi) is 8.60. The molecule has 0 aliphatic rings. The van der Waals surface area contributed by atoms with Crippen LogP contribution in [0.25, 0.3) is 0 Å². The fourth-order valence-electron chi connectivity index (χ4n) is 1.86. The highest BCUT2D eigenvalue weighted by Crippen LogP contribution is 2.03. The first kappa shape index (κ1) is 18.5. The normalized spacial score (nSPS) is 14.7. The minimum Gasteiger partial charge on any atom is -0.376 e. The van der Waals surface area contributed by atoms with Gasteiger partial charge in [-0.2, -0.15) is 0 Å². The Morgan fingerprint density at radius 3 is 2.41 bits per heavy atom. The van der Waals surface area contributed by atoms with Gasteiger partial charge in [-0.1, -0.05) is 51.1 Å². The van der Waals surface area contributed by atoms with Gasteiger partial charge in [-0.3, -0.25) is 4.99 Å². The molecular weight excluding hydrogens is 274 g/mol. The molecule has 0 saturated carbocycles. The number of guanidine groups is 1. The third-order valence-corrected chi connectivity index (χ3v) is 3.72. The van der Waals surface area contributed by atoms with Gasteiger partial charge < -0.3 is 15.4 Å². The molecule has 1 aromatic carbocycles. The molecule has 124 valence electrons. The summed E-state index contributed by atoms with van der Waals surface area (Å²) < 4.78 is 5.77. The average molecular weight is 305 g/mol. The quantitative estimate of drug-likeness (QED) is 0.573. The molecule has 4 heteroatoms. The molecule has 4 nitrogen and oxygen atoms in total. The van der Waals surface area contributed by atoms with E-state index < -0.39 is 0 Å². The van der Waals surface area contributed by atoms with Gasteiger partial charge in [0.15, 0.2) is 5.96 Å². The van der Waals surface area contributed by atoms with E-state index in [1.807, 2.05) is 18.2 Å². The molecule has 0 bridgehead atoms. The van der Waals surface area contributed by atoms with Crippen LogP contribution in [0.1, 0.15) is 33.3 Å². The molecule has 1 aromatic rings. The summed E-state index contributed by atoms with van der Waals surface area (Å²) in [6.45, 7) is 11.0. The highest BCUT2D eigenvalue weighted by molar-refractivity contribution is 5.79. The third kappa shape index (κ3) is 7.46. The molecule has 0 heterocycles. The molecule has 1 rings (SSSR count). The van der Waals surface area contributed by atoms with Crippen LogP contribution in [0.5, 0.6) is 0 Å². The van der Waals surface area contributed by atoms with Crippen LogP contribution >= 0.6 is 0 Å². The van der Waals surface area contributed by atoms with E-state index in [1.54, 1.807) is 7.05 Å². The van der Waals surface area contributed by atoms with Crippen LogP contribution in [0.3, 0.4) is 0 Å². The lowest BCUT2D eigenvalue weighted by Gasteiger charge is -2.22. The van der Waals surface area contributed by atoms with Crippen molar-refractivity contribution in [1.29, 1.82) is 0 Å². The topological polar surface area (TPSA) is 45.7 Å². The Labute approximate surface area is 135 Å². The predicted molar refractivity (Wildman–Crippen MR) is 94.1 cm³/mol. The van der Waals surface area contributed by atoms with Gasteiger partial charge in [-0.25, -0.2) is 0 Å². The monoisotopic (exact) mass is 305 g/mol. The molecular formula is C18H31N3O. The number of nitrogens with zero attached hydrogens (tertiary/aromatic N) is 1. The van der Waals surface area contributed by atoms with Gasteiger partial charge >= 0.3 is 0 Å². The van der Waals surface area contributed by atoms with Gasteiger partial charge in [-0.15, -0.1) is 0 Å². The zero-order chi connectivity index (χ0) is 16.4. The minimum atomic E-state index is 0.399. The fourth-order valence-corrected chi connectivity index (χ4v) is 1.86. The third-order valence-electron chi connectivity index (χ3n) is 3.72. The second kappa shape index (κ2) is 10.2. The van der Waals surface area contributed by atoms with Crippen LogP contribution in [0.15, 0.2) is 35.3 Å². The Balaban J connectivity index is 2.22. The largest absolute Gasteiger partial charge is 0.376 e. The van der Waals surface area contributed by atoms with Crippen LogP contribution < -0.4 is 10.6 Å². The van der Waals surface area contributed by atoms with Crippen molar-refractivity contribution in [3.8, 4) is 0 Å². The van der Waals surface area contributed by atoms with Crippen molar-refractivity contribution in [2.45, 2.75) is 40.3 Å². The van der Waals surface area contributed by atoms with Crippen LogP contribution in [0.4, 0.5) is 0 Å². The summed E-state index contributed by atoms with van der Waals surface area (Å²) in [6.07, 6.45) is 0. The maximum Gasteiger partial charge on any atom is 0.191 e. The van der Waals surface area contributed by atoms with Gasteiger partial charge in [-0.05, 0) is 24.3 Å². The number of benzene rings is 1. The van der Waals surface area contributed by atoms with E-state index in [2.05, 4.69) is 55.5 Å². The molecule has 22 heavy (non-hydrogen) atoms. The van der Waals surface area contributed by atoms with E-state index in [4.69, 9.17) is 4.74 Å². The van der Waals surface area contributed by atoms with Crippen molar-refractivity contribution in [3.05, 3.63) is 35.9 Å². The van der Waals surface area contributed by atoms with E-state index in [0.717, 1.165) is 19.1 Å². The molecule has 2 N–H and O–H groups in total. The van der Waals surface area contributed by atoms with Crippen LogP contribution in [-0.4, -0.2) is 32.2 Å². The lowest BCUT2D eigenvalue weighted by Crippen LogP contribution is -2.45. The van der Waals surface area contributed by atoms with E-state index >= 15 is 0 Å². The Morgan fingerprint density at radius 1 is 1.14 bits per heavy atom. The van der Waals surface area contributed by atoms with Gasteiger partial charge in [0.1, 0.15) is 0 Å². The molecule has 0 aliphatic heterocycles. The summed E-state index contributed by atoms with van der Waals surface area (Å²) in [4.78, 5) is 4.26. The first-order valence-corrected chi connectivity index (χ1v) is 8.11. The van der Waals surface area contributed by atoms with E-state index in [0.29, 0.717) is 24.5 Å². The molecule has 0 saturated heterocycles. The summed E-state index contributed by atoms with van der Waals surface area (Å²) in [5, 5.41) is 6.76. The van der Waals surface area contributed by atoms with Crippen LogP contribution in [0, 0.1) is 11.8 Å². The number of hydrogen-bond acceptors (Lipinski definition) is 2. The van der Waals surface area contributed by atoms with Crippen LogP contribution in [0.2, 0.25) is 0 Å². The average Bonchev–Trinajstić information content (AvgIpc) is 2.52. The standard InChI is InChI=1S/C18H31N3O/c1-14(2)16(4)21-18(19-5)20-11-15(3)12-22-13-17-9-7-6-8-10-17/h6-10,14-16H,11-13H2,1-5H3,(H2,19,20,21). The fraction of sp³-hybridized carbons (Fsp3) is 0.611. The van der Waals surface area contributed by atoms with Crippen molar-refractivity contribution < 1.29 is 4.74 Å². The van der Waals surface area contributed by atoms with Crippen molar-refractivity contribution in [2.24, 2.45) is 16.8 Å².